The second-order valence-corrected chi connectivity index (χ2v) is 7.54. The Morgan fingerprint density at radius 3 is 2.65 bits per heavy atom. The Morgan fingerprint density at radius 1 is 1.19 bits per heavy atom. The molecule has 1 unspecified atom stereocenters. The van der Waals surface area contributed by atoms with Crippen LogP contribution in [0.5, 0.6) is 0 Å². The zero-order valence-corrected chi connectivity index (χ0v) is 17.7. The molecule has 6 nitrogen and oxygen atoms in total. The van der Waals surface area contributed by atoms with Crippen molar-refractivity contribution in [2.24, 2.45) is 16.6 Å². The summed E-state index contributed by atoms with van der Waals surface area (Å²) < 4.78 is 5.08. The minimum Gasteiger partial charge on any atom is -0.466 e. The number of hydrogen-bond acceptors (Lipinski definition) is 4. The van der Waals surface area contributed by atoms with Gasteiger partial charge in [-0.25, -0.2) is 0 Å². The predicted molar refractivity (Wildman–Crippen MR) is 122 cm³/mol. The van der Waals surface area contributed by atoms with Crippen molar-refractivity contribution in [2.75, 3.05) is 18.5 Å². The second-order valence-electron chi connectivity index (χ2n) is 7.54. The van der Waals surface area contributed by atoms with Crippen molar-refractivity contribution in [2.45, 2.75) is 32.6 Å². The molecule has 31 heavy (non-hydrogen) atoms. The molecule has 2 aromatic carbocycles. The van der Waals surface area contributed by atoms with E-state index in [1.165, 1.54) is 5.56 Å². The van der Waals surface area contributed by atoms with Gasteiger partial charge in [-0.1, -0.05) is 12.0 Å². The number of benzene rings is 2. The third-order valence-corrected chi connectivity index (χ3v) is 5.34. The fraction of sp³-hybridized carbons (Fsp3) is 0.320. The number of esters is 1. The number of terminal acetylenes is 1. The Balaban J connectivity index is 1.65. The highest BCUT2D eigenvalue weighted by molar-refractivity contribution is 6.05. The lowest BCUT2D eigenvalue weighted by atomic mass is 9.81. The zero-order valence-electron chi connectivity index (χ0n) is 17.7. The molecular formula is C25H27N3O3. The van der Waals surface area contributed by atoms with Gasteiger partial charge in [-0.05, 0) is 79.6 Å². The van der Waals surface area contributed by atoms with E-state index in [0.29, 0.717) is 30.1 Å². The van der Waals surface area contributed by atoms with Crippen LogP contribution in [0.15, 0.2) is 47.5 Å². The van der Waals surface area contributed by atoms with Crippen LogP contribution in [0.3, 0.4) is 0 Å². The topological polar surface area (TPSA) is 93.8 Å². The number of anilines is 1. The smallest absolute Gasteiger partial charge is 0.306 e. The van der Waals surface area contributed by atoms with Crippen LogP contribution < -0.4 is 11.1 Å². The summed E-state index contributed by atoms with van der Waals surface area (Å²) in [4.78, 5) is 28.6. The van der Waals surface area contributed by atoms with Crippen LogP contribution in [-0.2, 0) is 22.4 Å². The van der Waals surface area contributed by atoms with E-state index in [9.17, 15) is 9.59 Å². The third kappa shape index (κ3) is 5.95. The molecule has 3 N–H and O–H groups in total. The first-order valence-electron chi connectivity index (χ1n) is 10.4. The summed E-state index contributed by atoms with van der Waals surface area (Å²) in [5.41, 5.74) is 10.2. The van der Waals surface area contributed by atoms with E-state index in [0.717, 1.165) is 30.4 Å². The second kappa shape index (κ2) is 10.4. The number of nitrogens with two attached hydrogens (primary N) is 1. The number of ether oxygens (including phenoxy) is 1. The first-order chi connectivity index (χ1) is 15.0. The van der Waals surface area contributed by atoms with Crippen molar-refractivity contribution in [3.05, 3.63) is 64.7 Å². The summed E-state index contributed by atoms with van der Waals surface area (Å²) in [6.45, 7) is 2.44. The summed E-state index contributed by atoms with van der Waals surface area (Å²) >= 11 is 0. The van der Waals surface area contributed by atoms with Gasteiger partial charge < -0.3 is 15.8 Å². The van der Waals surface area contributed by atoms with Crippen LogP contribution in [0.4, 0.5) is 5.69 Å². The molecule has 1 aliphatic rings. The lowest BCUT2D eigenvalue weighted by Gasteiger charge is -2.24. The maximum Gasteiger partial charge on any atom is 0.306 e. The third-order valence-electron chi connectivity index (χ3n) is 5.34. The average molecular weight is 418 g/mol. The lowest BCUT2D eigenvalue weighted by Crippen LogP contribution is -2.20. The van der Waals surface area contributed by atoms with Gasteiger partial charge in [-0.3, -0.25) is 14.6 Å². The van der Waals surface area contributed by atoms with Crippen molar-refractivity contribution < 1.29 is 14.3 Å². The minimum absolute atomic E-state index is 0.154. The summed E-state index contributed by atoms with van der Waals surface area (Å²) in [6, 6.07) is 12.9. The molecule has 6 heteroatoms. The number of rotatable bonds is 7. The van der Waals surface area contributed by atoms with Gasteiger partial charge in [0.1, 0.15) is 12.4 Å². The van der Waals surface area contributed by atoms with Gasteiger partial charge >= 0.3 is 5.97 Å². The number of amidine groups is 1. The van der Waals surface area contributed by atoms with Crippen LogP contribution in [0.1, 0.15) is 46.8 Å². The molecule has 160 valence electrons. The normalized spacial score (nSPS) is 15.5. The Kier molecular flexibility index (Phi) is 7.45. The summed E-state index contributed by atoms with van der Waals surface area (Å²) in [5.74, 6) is 2.69. The van der Waals surface area contributed by atoms with Gasteiger partial charge in [0.25, 0.3) is 5.91 Å². The number of aliphatic imine (C=N–C) groups is 1. The van der Waals surface area contributed by atoms with E-state index in [2.05, 4.69) is 16.2 Å². The highest BCUT2D eigenvalue weighted by atomic mass is 16.5. The van der Waals surface area contributed by atoms with Gasteiger partial charge in [0, 0.05) is 23.2 Å². The monoisotopic (exact) mass is 417 g/mol. The van der Waals surface area contributed by atoms with Gasteiger partial charge in [-0.2, -0.15) is 0 Å². The zero-order chi connectivity index (χ0) is 22.2. The molecule has 1 aliphatic carbocycles. The first kappa shape index (κ1) is 22.1. The number of hydrogen-bond donors (Lipinski definition) is 2. The molecule has 2 aromatic rings. The Bertz CT molecular complexity index is 1020. The molecular weight excluding hydrogens is 390 g/mol. The molecule has 0 spiro atoms. The number of nitrogens with zero attached hydrogens (tertiary/aromatic N) is 1. The average Bonchev–Trinajstić information content (AvgIpc) is 2.77. The molecule has 0 aliphatic heterocycles. The Morgan fingerprint density at radius 2 is 1.94 bits per heavy atom. The summed E-state index contributed by atoms with van der Waals surface area (Å²) in [7, 11) is 0. The van der Waals surface area contributed by atoms with Gasteiger partial charge in [0.2, 0.25) is 0 Å². The van der Waals surface area contributed by atoms with E-state index in [1.807, 2.05) is 25.1 Å². The molecule has 0 saturated heterocycles. The molecule has 1 amide bonds. The number of aryl methyl sites for hydroxylation is 1. The Labute approximate surface area is 182 Å². The minimum atomic E-state index is -0.183. The lowest BCUT2D eigenvalue weighted by molar-refractivity contribution is -0.144. The van der Waals surface area contributed by atoms with Crippen LogP contribution >= 0.6 is 0 Å². The highest BCUT2D eigenvalue weighted by Crippen LogP contribution is 2.29. The van der Waals surface area contributed by atoms with Crippen LogP contribution in [0.2, 0.25) is 0 Å². The van der Waals surface area contributed by atoms with Crippen LogP contribution in [0, 0.1) is 18.3 Å². The number of fused-ring (bicyclic) bond motifs is 1. The van der Waals surface area contributed by atoms with Crippen LogP contribution in [-0.4, -0.2) is 30.9 Å². The highest BCUT2D eigenvalue weighted by Gasteiger charge is 2.22. The van der Waals surface area contributed by atoms with Gasteiger partial charge in [-0.15, -0.1) is 6.42 Å². The maximum absolute atomic E-state index is 12.7. The van der Waals surface area contributed by atoms with E-state index >= 15 is 0 Å². The van der Waals surface area contributed by atoms with Crippen molar-refractivity contribution in [1.82, 2.24) is 0 Å². The number of amides is 1. The summed E-state index contributed by atoms with van der Waals surface area (Å²) in [6.07, 6.45) is 8.25. The van der Waals surface area contributed by atoms with E-state index in [1.54, 1.807) is 24.3 Å². The van der Waals surface area contributed by atoms with Crippen molar-refractivity contribution >= 4 is 23.4 Å². The number of nitrogens with one attached hydrogen (secondary N) is 1. The van der Waals surface area contributed by atoms with Gasteiger partial charge in [0.05, 0.1) is 6.61 Å². The molecule has 0 radical (unpaired) electrons. The molecule has 1 atom stereocenters. The van der Waals surface area contributed by atoms with Crippen LogP contribution in [0.25, 0.3) is 0 Å². The van der Waals surface area contributed by atoms with E-state index in [-0.39, 0.29) is 24.3 Å². The number of carbonyl (C=O) groups is 2. The van der Waals surface area contributed by atoms with E-state index < -0.39 is 0 Å². The van der Waals surface area contributed by atoms with Gasteiger partial charge in [0.15, 0.2) is 0 Å². The van der Waals surface area contributed by atoms with E-state index in [4.69, 9.17) is 16.9 Å². The predicted octanol–water partition coefficient (Wildman–Crippen LogP) is 3.34. The largest absolute Gasteiger partial charge is 0.466 e. The maximum atomic E-state index is 12.7. The van der Waals surface area contributed by atoms with Crippen molar-refractivity contribution in [3.63, 3.8) is 0 Å². The Hall–Kier alpha value is -3.59. The fourth-order valence-electron chi connectivity index (χ4n) is 3.75. The molecule has 3 rings (SSSR count). The molecule has 0 fully saturated rings. The standard InChI is InChI=1S/C25H27N3O3/c1-3-13-27-24(26)19-9-11-22(12-10-19)28-25(30)20-8-7-18-6-5-17(14-21(18)16-20)15-23(29)31-4-2/h1,7-12,16-17H,4-6,13-15H2,2H3,(H2,26,27)(H,28,30). The SMILES string of the molecule is C#CCN=C(N)c1ccc(NC(=O)c2ccc3c(c2)CC(CC(=O)OCC)CC3)cc1. The van der Waals surface area contributed by atoms with Crippen molar-refractivity contribution in [3.8, 4) is 12.3 Å². The molecule has 0 saturated carbocycles. The fourth-order valence-corrected chi connectivity index (χ4v) is 3.75. The molecule has 0 aromatic heterocycles. The first-order valence-corrected chi connectivity index (χ1v) is 10.4. The summed E-state index contributed by atoms with van der Waals surface area (Å²) in [5, 5.41) is 2.91. The number of carbonyl (C=O) groups excluding carboxylic acids is 2. The quantitative estimate of drug-likeness (QED) is 0.313. The molecule has 0 heterocycles. The van der Waals surface area contributed by atoms with Crippen molar-refractivity contribution in [1.29, 1.82) is 0 Å². The molecule has 0 bridgehead atoms.